The highest BCUT2D eigenvalue weighted by molar-refractivity contribution is 9.10. The van der Waals surface area contributed by atoms with Gasteiger partial charge < -0.3 is 0 Å². The summed E-state index contributed by atoms with van der Waals surface area (Å²) in [4.78, 5) is 15.5. The van der Waals surface area contributed by atoms with E-state index in [9.17, 15) is 4.79 Å². The van der Waals surface area contributed by atoms with Gasteiger partial charge in [-0.2, -0.15) is 0 Å². The lowest BCUT2D eigenvalue weighted by Crippen LogP contribution is -2.21. The third-order valence-electron chi connectivity index (χ3n) is 1.69. The molecule has 0 aliphatic heterocycles. The molecule has 15 heavy (non-hydrogen) atoms. The number of aromatic nitrogens is 4. The lowest BCUT2D eigenvalue weighted by Gasteiger charge is -2.01. The van der Waals surface area contributed by atoms with Crippen molar-refractivity contribution in [1.29, 1.82) is 0 Å². The van der Waals surface area contributed by atoms with E-state index >= 15 is 0 Å². The van der Waals surface area contributed by atoms with Crippen molar-refractivity contribution < 1.29 is 0 Å². The van der Waals surface area contributed by atoms with Gasteiger partial charge >= 0.3 is 0 Å². The molecule has 0 atom stereocenters. The van der Waals surface area contributed by atoms with Gasteiger partial charge in [-0.15, -0.1) is 5.10 Å². The molecule has 2 aromatic heterocycles. The second-order valence-electron chi connectivity index (χ2n) is 2.67. The first-order chi connectivity index (χ1) is 7.18. The van der Waals surface area contributed by atoms with E-state index in [1.54, 1.807) is 0 Å². The minimum atomic E-state index is -0.172. The molecule has 0 aromatic carbocycles. The van der Waals surface area contributed by atoms with Crippen molar-refractivity contribution in [3.63, 3.8) is 0 Å². The zero-order valence-electron chi connectivity index (χ0n) is 7.22. The second-order valence-corrected chi connectivity index (χ2v) is 4.88. The van der Waals surface area contributed by atoms with Gasteiger partial charge in [-0.1, -0.05) is 16.1 Å². The van der Waals surface area contributed by atoms with Crippen LogP contribution in [-0.4, -0.2) is 19.1 Å². The van der Waals surface area contributed by atoms with Crippen molar-refractivity contribution in [1.82, 2.24) is 19.1 Å². The molecule has 0 amide bonds. The summed E-state index contributed by atoms with van der Waals surface area (Å²) >= 11 is 10.0. The molecule has 0 aliphatic rings. The van der Waals surface area contributed by atoms with Crippen LogP contribution in [0.5, 0.6) is 0 Å². The molecule has 78 valence electrons. The van der Waals surface area contributed by atoms with Gasteiger partial charge in [0.05, 0.1) is 12.9 Å². The Morgan fingerprint density at radius 2 is 2.40 bits per heavy atom. The summed E-state index contributed by atoms with van der Waals surface area (Å²) in [7, 11) is 0. The second kappa shape index (κ2) is 4.38. The number of hydrogen-bond acceptors (Lipinski definition) is 5. The van der Waals surface area contributed by atoms with Crippen molar-refractivity contribution in [3.8, 4) is 0 Å². The highest BCUT2D eigenvalue weighted by atomic mass is 79.9. The number of nitrogens with zero attached hydrogens (tertiary/aromatic N) is 4. The van der Waals surface area contributed by atoms with Crippen LogP contribution in [0.4, 0.5) is 0 Å². The van der Waals surface area contributed by atoms with Crippen LogP contribution in [-0.2, 0) is 6.54 Å². The predicted molar refractivity (Wildman–Crippen MR) is 60.2 cm³/mol. The Kier molecular flexibility index (Phi) is 3.13. The van der Waals surface area contributed by atoms with Crippen LogP contribution >= 0.6 is 39.1 Å². The maximum Gasteiger partial charge on any atom is 0.267 e. The average molecular weight is 308 g/mol. The van der Waals surface area contributed by atoms with Gasteiger partial charge in [0.25, 0.3) is 5.56 Å². The SMILES string of the molecule is O=c1c(Br)cncn1Cc1nnsc1Cl. The van der Waals surface area contributed by atoms with Crippen molar-refractivity contribution >= 4 is 39.1 Å². The normalized spacial score (nSPS) is 10.5. The third-order valence-corrected chi connectivity index (χ3v) is 3.22. The molecular weight excluding hydrogens is 304 g/mol. The predicted octanol–water partition coefficient (Wildman–Crippen LogP) is 1.56. The van der Waals surface area contributed by atoms with Crippen LogP contribution in [0, 0.1) is 0 Å². The van der Waals surface area contributed by atoms with E-state index in [2.05, 4.69) is 30.5 Å². The minimum absolute atomic E-state index is 0.172. The number of rotatable bonds is 2. The first-order valence-electron chi connectivity index (χ1n) is 3.85. The van der Waals surface area contributed by atoms with E-state index in [1.165, 1.54) is 17.1 Å². The van der Waals surface area contributed by atoms with Crippen molar-refractivity contribution in [2.24, 2.45) is 0 Å². The van der Waals surface area contributed by atoms with E-state index in [0.717, 1.165) is 11.5 Å². The summed E-state index contributed by atoms with van der Waals surface area (Å²) in [5.41, 5.74) is 0.401. The summed E-state index contributed by atoms with van der Waals surface area (Å²) in [5, 5.41) is 3.82. The molecule has 2 rings (SSSR count). The van der Waals surface area contributed by atoms with Gasteiger partial charge in [-0.25, -0.2) is 4.98 Å². The van der Waals surface area contributed by atoms with E-state index in [1.807, 2.05) is 0 Å². The zero-order chi connectivity index (χ0) is 10.8. The molecule has 0 N–H and O–H groups in total. The Bertz CT molecular complexity index is 540. The quantitative estimate of drug-likeness (QED) is 0.845. The van der Waals surface area contributed by atoms with Crippen LogP contribution in [0.3, 0.4) is 0 Å². The Morgan fingerprint density at radius 1 is 1.60 bits per heavy atom. The molecule has 0 unspecified atom stereocenters. The summed E-state index contributed by atoms with van der Waals surface area (Å²) < 4.78 is 5.99. The van der Waals surface area contributed by atoms with Crippen molar-refractivity contribution in [3.05, 3.63) is 37.4 Å². The first-order valence-corrected chi connectivity index (χ1v) is 5.79. The monoisotopic (exact) mass is 306 g/mol. The Balaban J connectivity index is 2.37. The molecule has 0 fully saturated rings. The number of hydrogen-bond donors (Lipinski definition) is 0. The Morgan fingerprint density at radius 3 is 3.07 bits per heavy atom. The van der Waals surface area contributed by atoms with Gasteiger partial charge in [0.1, 0.15) is 14.5 Å². The fourth-order valence-corrected chi connectivity index (χ4v) is 1.95. The smallest absolute Gasteiger partial charge is 0.267 e. The molecule has 2 aromatic rings. The molecule has 2 heterocycles. The maximum absolute atomic E-state index is 11.6. The minimum Gasteiger partial charge on any atom is -0.292 e. The van der Waals surface area contributed by atoms with Gasteiger partial charge in [0.2, 0.25) is 0 Å². The zero-order valence-corrected chi connectivity index (χ0v) is 10.4. The maximum atomic E-state index is 11.6. The molecule has 0 saturated heterocycles. The highest BCUT2D eigenvalue weighted by Gasteiger charge is 2.08. The summed E-state index contributed by atoms with van der Waals surface area (Å²) in [6.45, 7) is 0.278. The Hall–Kier alpha value is -0.790. The molecular formula is C7H4BrClN4OS. The summed E-state index contributed by atoms with van der Waals surface area (Å²) in [6.07, 6.45) is 2.88. The molecule has 5 nitrogen and oxygen atoms in total. The average Bonchev–Trinajstić information content (AvgIpc) is 2.60. The lowest BCUT2D eigenvalue weighted by atomic mass is 10.5. The van der Waals surface area contributed by atoms with E-state index in [4.69, 9.17) is 11.6 Å². The first kappa shape index (κ1) is 10.7. The van der Waals surface area contributed by atoms with Crippen LogP contribution < -0.4 is 5.56 Å². The Labute approximate surface area is 102 Å². The molecule has 0 aliphatic carbocycles. The van der Waals surface area contributed by atoms with Gasteiger partial charge in [-0.3, -0.25) is 9.36 Å². The fraction of sp³-hybridized carbons (Fsp3) is 0.143. The molecule has 8 heteroatoms. The van der Waals surface area contributed by atoms with Crippen LogP contribution in [0.1, 0.15) is 5.69 Å². The van der Waals surface area contributed by atoms with Crippen LogP contribution in [0.25, 0.3) is 0 Å². The third kappa shape index (κ3) is 2.24. The topological polar surface area (TPSA) is 60.7 Å². The molecule has 0 radical (unpaired) electrons. The van der Waals surface area contributed by atoms with E-state index < -0.39 is 0 Å². The van der Waals surface area contributed by atoms with Crippen LogP contribution in [0.2, 0.25) is 4.34 Å². The van der Waals surface area contributed by atoms with Crippen molar-refractivity contribution in [2.75, 3.05) is 0 Å². The van der Waals surface area contributed by atoms with Gasteiger partial charge in [-0.05, 0) is 15.9 Å². The van der Waals surface area contributed by atoms with E-state index in [-0.39, 0.29) is 12.1 Å². The van der Waals surface area contributed by atoms with Crippen molar-refractivity contribution in [2.45, 2.75) is 6.54 Å². The van der Waals surface area contributed by atoms with E-state index in [0.29, 0.717) is 14.5 Å². The van der Waals surface area contributed by atoms with Gasteiger partial charge in [0.15, 0.2) is 0 Å². The molecule has 0 bridgehead atoms. The largest absolute Gasteiger partial charge is 0.292 e. The van der Waals surface area contributed by atoms with Gasteiger partial charge in [0, 0.05) is 17.7 Å². The number of halogens is 2. The summed E-state index contributed by atoms with van der Waals surface area (Å²) in [5.74, 6) is 0. The highest BCUT2D eigenvalue weighted by Crippen LogP contribution is 2.17. The van der Waals surface area contributed by atoms with Crippen LogP contribution in [0.15, 0.2) is 21.8 Å². The fourth-order valence-electron chi connectivity index (χ4n) is 0.989. The standard InChI is InChI=1S/C7H4BrClN4OS/c8-4-1-10-3-13(7(4)14)2-5-6(9)15-12-11-5/h1,3H,2H2. The summed E-state index contributed by atoms with van der Waals surface area (Å²) in [6, 6.07) is 0. The molecule has 0 spiro atoms. The molecule has 0 saturated carbocycles. The lowest BCUT2D eigenvalue weighted by molar-refractivity contribution is 0.711.